The van der Waals surface area contributed by atoms with E-state index in [1.54, 1.807) is 11.4 Å². The fraction of sp³-hybridized carbons (Fsp3) is 0.409. The molecule has 8 nitrogen and oxygen atoms in total. The van der Waals surface area contributed by atoms with Gasteiger partial charge in [0.1, 0.15) is 17.0 Å². The van der Waals surface area contributed by atoms with Crippen molar-refractivity contribution in [3.05, 3.63) is 62.1 Å². The fourth-order valence-corrected chi connectivity index (χ4v) is 4.58. The van der Waals surface area contributed by atoms with Gasteiger partial charge in [-0.05, 0) is 48.9 Å². The molecular weight excluding hydrogens is 418 g/mol. The van der Waals surface area contributed by atoms with Crippen LogP contribution in [0.25, 0.3) is 10.2 Å². The van der Waals surface area contributed by atoms with E-state index in [1.165, 1.54) is 20.5 Å². The van der Waals surface area contributed by atoms with Crippen LogP contribution in [-0.4, -0.2) is 40.9 Å². The maximum absolute atomic E-state index is 13.2. The number of carbonyl (C=O) groups is 1. The van der Waals surface area contributed by atoms with Gasteiger partial charge < -0.3 is 14.8 Å². The highest BCUT2D eigenvalue weighted by molar-refractivity contribution is 7.17. The maximum Gasteiger partial charge on any atom is 0.332 e. The number of carbonyl (C=O) groups excluding carboxylic acids is 1. The molecule has 3 aromatic rings. The molecule has 1 aliphatic heterocycles. The van der Waals surface area contributed by atoms with Crippen LogP contribution in [-0.2, 0) is 22.6 Å². The number of ether oxygens (including phenoxy) is 2. The van der Waals surface area contributed by atoms with E-state index in [0.29, 0.717) is 35.7 Å². The van der Waals surface area contributed by atoms with Crippen molar-refractivity contribution in [2.75, 3.05) is 19.8 Å². The molecule has 0 unspecified atom stereocenters. The zero-order chi connectivity index (χ0) is 21.8. The van der Waals surface area contributed by atoms with E-state index in [4.69, 9.17) is 9.47 Å². The van der Waals surface area contributed by atoms with Gasteiger partial charge >= 0.3 is 5.69 Å². The van der Waals surface area contributed by atoms with Gasteiger partial charge in [-0.3, -0.25) is 18.7 Å². The summed E-state index contributed by atoms with van der Waals surface area (Å²) >= 11 is 1.26. The monoisotopic (exact) mass is 443 g/mol. The molecule has 9 heteroatoms. The summed E-state index contributed by atoms with van der Waals surface area (Å²) in [5.74, 6) is 0.396. The van der Waals surface area contributed by atoms with Crippen molar-refractivity contribution in [2.45, 2.75) is 39.0 Å². The number of hydrogen-bond donors (Lipinski definition) is 1. The molecule has 3 heterocycles. The molecule has 31 heavy (non-hydrogen) atoms. The van der Waals surface area contributed by atoms with Crippen molar-refractivity contribution in [2.24, 2.45) is 0 Å². The summed E-state index contributed by atoms with van der Waals surface area (Å²) in [7, 11) is 0. The van der Waals surface area contributed by atoms with Crippen molar-refractivity contribution in [3.63, 3.8) is 0 Å². The van der Waals surface area contributed by atoms with Crippen LogP contribution in [0, 0.1) is 0 Å². The van der Waals surface area contributed by atoms with Gasteiger partial charge in [0.2, 0.25) is 5.91 Å². The van der Waals surface area contributed by atoms with Crippen LogP contribution in [0.1, 0.15) is 25.3 Å². The van der Waals surface area contributed by atoms with Crippen LogP contribution >= 0.6 is 11.3 Å². The van der Waals surface area contributed by atoms with Crippen LogP contribution in [0.3, 0.4) is 0 Å². The number of amides is 1. The molecule has 0 bridgehead atoms. The summed E-state index contributed by atoms with van der Waals surface area (Å²) in [5, 5.41) is 4.59. The Labute approximate surface area is 183 Å². The van der Waals surface area contributed by atoms with Crippen LogP contribution in [0.4, 0.5) is 0 Å². The Bertz CT molecular complexity index is 1190. The minimum absolute atomic E-state index is 0.0217. The fourth-order valence-electron chi connectivity index (χ4n) is 3.74. The van der Waals surface area contributed by atoms with E-state index >= 15 is 0 Å². The van der Waals surface area contributed by atoms with E-state index in [1.807, 2.05) is 31.2 Å². The molecule has 1 fully saturated rings. The Morgan fingerprint density at radius 3 is 2.94 bits per heavy atom. The zero-order valence-electron chi connectivity index (χ0n) is 17.3. The topological polar surface area (TPSA) is 91.6 Å². The smallest absolute Gasteiger partial charge is 0.332 e. The van der Waals surface area contributed by atoms with Gasteiger partial charge in [-0.2, -0.15) is 0 Å². The summed E-state index contributed by atoms with van der Waals surface area (Å²) in [5.41, 5.74) is 0.389. The van der Waals surface area contributed by atoms with Crippen molar-refractivity contribution < 1.29 is 14.3 Å². The van der Waals surface area contributed by atoms with Gasteiger partial charge in [0, 0.05) is 13.2 Å². The first kappa shape index (κ1) is 21.3. The van der Waals surface area contributed by atoms with Gasteiger partial charge in [0.05, 0.1) is 24.8 Å². The van der Waals surface area contributed by atoms with Crippen molar-refractivity contribution in [1.82, 2.24) is 14.5 Å². The number of nitrogens with one attached hydrogen (secondary N) is 1. The second-order valence-electron chi connectivity index (χ2n) is 7.41. The molecule has 1 aliphatic rings. The summed E-state index contributed by atoms with van der Waals surface area (Å²) < 4.78 is 14.0. The highest BCUT2D eigenvalue weighted by Gasteiger charge is 2.19. The second-order valence-corrected chi connectivity index (χ2v) is 8.33. The third-order valence-corrected chi connectivity index (χ3v) is 6.13. The van der Waals surface area contributed by atoms with E-state index < -0.39 is 5.69 Å². The normalized spacial score (nSPS) is 16.0. The molecule has 0 spiro atoms. The average Bonchev–Trinajstić information content (AvgIpc) is 3.45. The Kier molecular flexibility index (Phi) is 6.53. The Morgan fingerprint density at radius 2 is 2.16 bits per heavy atom. The van der Waals surface area contributed by atoms with E-state index in [9.17, 15) is 14.4 Å². The molecule has 1 atom stereocenters. The number of fused-ring (bicyclic) bond motifs is 1. The minimum Gasteiger partial charge on any atom is -0.494 e. The van der Waals surface area contributed by atoms with E-state index in [-0.39, 0.29) is 30.7 Å². The number of aromatic nitrogens is 2. The SMILES string of the molecule is CCOc1cccc(Cn2c(=O)c3sccc3n(CC(=O)NC[C@@H]3CCCO3)c2=O)c1. The van der Waals surface area contributed by atoms with Crippen LogP contribution in [0.2, 0.25) is 0 Å². The second kappa shape index (κ2) is 9.49. The summed E-state index contributed by atoms with van der Waals surface area (Å²) in [6.45, 7) is 3.50. The number of hydrogen-bond acceptors (Lipinski definition) is 6. The van der Waals surface area contributed by atoms with Crippen LogP contribution in [0.15, 0.2) is 45.3 Å². The molecule has 4 rings (SSSR count). The standard InChI is InChI=1S/C22H25N3O5S/c1-2-29-16-6-3-5-15(11-16)13-25-21(27)20-18(8-10-31-20)24(22(25)28)14-19(26)23-12-17-7-4-9-30-17/h3,5-6,8,10-11,17H,2,4,7,9,12-14H2,1H3,(H,23,26)/t17-/m0/s1. The largest absolute Gasteiger partial charge is 0.494 e. The Morgan fingerprint density at radius 1 is 1.29 bits per heavy atom. The van der Waals surface area contributed by atoms with Gasteiger partial charge in [-0.1, -0.05) is 12.1 Å². The average molecular weight is 444 g/mol. The number of nitrogens with zero attached hydrogens (tertiary/aromatic N) is 2. The molecule has 164 valence electrons. The molecule has 0 radical (unpaired) electrons. The Hall–Kier alpha value is -2.91. The summed E-state index contributed by atoms with van der Waals surface area (Å²) in [6.07, 6.45) is 1.93. The van der Waals surface area contributed by atoms with Gasteiger partial charge in [-0.15, -0.1) is 11.3 Å². The first-order chi connectivity index (χ1) is 15.1. The number of thiophene rings is 1. The molecule has 1 saturated heterocycles. The van der Waals surface area contributed by atoms with Crippen molar-refractivity contribution in [3.8, 4) is 5.75 Å². The Balaban J connectivity index is 1.62. The predicted molar refractivity (Wildman–Crippen MR) is 119 cm³/mol. The first-order valence-corrected chi connectivity index (χ1v) is 11.3. The van der Waals surface area contributed by atoms with Crippen LogP contribution in [0.5, 0.6) is 5.75 Å². The molecule has 1 amide bonds. The highest BCUT2D eigenvalue weighted by Crippen LogP contribution is 2.17. The molecular formula is C22H25N3O5S. The minimum atomic E-state index is -0.509. The first-order valence-electron chi connectivity index (χ1n) is 10.4. The van der Waals surface area contributed by atoms with E-state index in [0.717, 1.165) is 18.4 Å². The number of benzene rings is 1. The van der Waals surface area contributed by atoms with Gasteiger partial charge in [-0.25, -0.2) is 4.79 Å². The van der Waals surface area contributed by atoms with E-state index in [2.05, 4.69) is 5.32 Å². The lowest BCUT2D eigenvalue weighted by molar-refractivity contribution is -0.122. The predicted octanol–water partition coefficient (Wildman–Crippen LogP) is 1.97. The third-order valence-electron chi connectivity index (χ3n) is 5.24. The third kappa shape index (κ3) is 4.72. The molecule has 1 N–H and O–H groups in total. The molecule has 1 aromatic carbocycles. The zero-order valence-corrected chi connectivity index (χ0v) is 18.2. The lowest BCUT2D eigenvalue weighted by atomic mass is 10.2. The summed E-state index contributed by atoms with van der Waals surface area (Å²) in [4.78, 5) is 38.7. The maximum atomic E-state index is 13.2. The van der Waals surface area contributed by atoms with Gasteiger partial charge in [0.25, 0.3) is 5.56 Å². The van der Waals surface area contributed by atoms with Crippen molar-refractivity contribution >= 4 is 27.5 Å². The highest BCUT2D eigenvalue weighted by atomic mass is 32.1. The van der Waals surface area contributed by atoms with Crippen LogP contribution < -0.4 is 21.3 Å². The lowest BCUT2D eigenvalue weighted by Gasteiger charge is -2.14. The number of rotatable bonds is 8. The molecule has 0 aliphatic carbocycles. The quantitative estimate of drug-likeness (QED) is 0.575. The lowest BCUT2D eigenvalue weighted by Crippen LogP contribution is -2.43. The molecule has 2 aromatic heterocycles. The molecule has 0 saturated carbocycles. The summed E-state index contributed by atoms with van der Waals surface area (Å²) in [6, 6.07) is 9.01. The van der Waals surface area contributed by atoms with Gasteiger partial charge in [0.15, 0.2) is 0 Å². The van der Waals surface area contributed by atoms with Crippen molar-refractivity contribution in [1.29, 1.82) is 0 Å².